The number of aromatic nitrogens is 4. The second-order valence-electron chi connectivity index (χ2n) is 9.79. The van der Waals surface area contributed by atoms with Crippen molar-refractivity contribution in [3.8, 4) is 11.1 Å². The topological polar surface area (TPSA) is 126 Å². The Bertz CT molecular complexity index is 1520. The second kappa shape index (κ2) is 10.8. The summed E-state index contributed by atoms with van der Waals surface area (Å²) in [4.78, 5) is 38.6. The number of nitrogens with zero attached hydrogens (tertiary/aromatic N) is 6. The lowest BCUT2D eigenvalue weighted by Gasteiger charge is -2.26. The molecule has 0 atom stereocenters. The van der Waals surface area contributed by atoms with Crippen LogP contribution < -0.4 is 10.2 Å². The summed E-state index contributed by atoms with van der Waals surface area (Å²) in [6.45, 7) is 5.82. The van der Waals surface area contributed by atoms with Crippen molar-refractivity contribution in [2.24, 2.45) is 0 Å². The van der Waals surface area contributed by atoms with Crippen LogP contribution in [0.15, 0.2) is 55.0 Å². The lowest BCUT2D eigenvalue weighted by molar-refractivity contribution is 0.0341. The molecule has 0 radical (unpaired) electrons. The first-order chi connectivity index (χ1) is 19.0. The molecule has 0 spiro atoms. The van der Waals surface area contributed by atoms with E-state index in [2.05, 4.69) is 36.2 Å². The Morgan fingerprint density at radius 1 is 0.974 bits per heavy atom. The quantitative estimate of drug-likeness (QED) is 0.386. The summed E-state index contributed by atoms with van der Waals surface area (Å²) in [7, 11) is 0. The monoisotopic (exact) mass is 527 g/mol. The van der Waals surface area contributed by atoms with Gasteiger partial charge in [0.15, 0.2) is 5.69 Å². The van der Waals surface area contributed by atoms with Crippen LogP contribution in [0.2, 0.25) is 0 Å². The predicted molar refractivity (Wildman–Crippen MR) is 146 cm³/mol. The highest BCUT2D eigenvalue weighted by molar-refractivity contribution is 6.06. The number of fused-ring (bicyclic) bond motifs is 1. The zero-order valence-corrected chi connectivity index (χ0v) is 21.4. The predicted octanol–water partition coefficient (Wildman–Crippen LogP) is 3.70. The average Bonchev–Trinajstić information content (AvgIpc) is 3.63. The standard InChI is InChI=1S/C28H29N7O4/c36-27(37)26-23-14-20(21-13-19(16-29-17-21)18-33-9-11-39-12-10-33)3-4-24(23)35(32-26)28(38)31-22-5-6-30-25(15-22)34-7-1-2-8-34/h3-6,13-17H,1-2,7-12,18H2,(H,36,37)(H,30,31,38). The molecule has 1 amide bonds. The van der Waals surface area contributed by atoms with Crippen molar-refractivity contribution in [2.45, 2.75) is 19.4 Å². The first-order valence-electron chi connectivity index (χ1n) is 13.1. The smallest absolute Gasteiger partial charge is 0.357 e. The molecule has 2 aliphatic rings. The van der Waals surface area contributed by atoms with Gasteiger partial charge in [-0.25, -0.2) is 14.6 Å². The van der Waals surface area contributed by atoms with Crippen LogP contribution in [-0.2, 0) is 11.3 Å². The first-order valence-corrected chi connectivity index (χ1v) is 13.1. The highest BCUT2D eigenvalue weighted by Crippen LogP contribution is 2.28. The number of carbonyl (C=O) groups excluding carboxylic acids is 1. The number of amides is 1. The molecule has 5 heterocycles. The molecule has 0 bridgehead atoms. The normalized spacial score (nSPS) is 16.1. The molecule has 2 N–H and O–H groups in total. The van der Waals surface area contributed by atoms with Crippen molar-refractivity contribution in [3.63, 3.8) is 0 Å². The molecule has 200 valence electrons. The van der Waals surface area contributed by atoms with Gasteiger partial charge in [0.1, 0.15) is 5.82 Å². The van der Waals surface area contributed by atoms with E-state index in [9.17, 15) is 14.7 Å². The summed E-state index contributed by atoms with van der Waals surface area (Å²) >= 11 is 0. The third-order valence-corrected chi connectivity index (χ3v) is 7.14. The van der Waals surface area contributed by atoms with E-state index < -0.39 is 12.0 Å². The van der Waals surface area contributed by atoms with Gasteiger partial charge in [-0.3, -0.25) is 9.88 Å². The van der Waals surface area contributed by atoms with Crippen molar-refractivity contribution in [2.75, 3.05) is 49.6 Å². The molecule has 2 saturated heterocycles. The van der Waals surface area contributed by atoms with Crippen LogP contribution in [0.5, 0.6) is 0 Å². The van der Waals surface area contributed by atoms with E-state index in [1.54, 1.807) is 30.6 Å². The van der Waals surface area contributed by atoms with Crippen molar-refractivity contribution >= 4 is 34.4 Å². The summed E-state index contributed by atoms with van der Waals surface area (Å²) < 4.78 is 6.54. The summed E-state index contributed by atoms with van der Waals surface area (Å²) in [5, 5.41) is 17.2. The molecule has 0 unspecified atom stereocenters. The minimum atomic E-state index is -1.21. The number of pyridine rings is 2. The van der Waals surface area contributed by atoms with Gasteiger partial charge in [-0.05, 0) is 48.2 Å². The Morgan fingerprint density at radius 3 is 2.59 bits per heavy atom. The maximum atomic E-state index is 13.2. The number of morpholine rings is 1. The molecule has 0 aliphatic carbocycles. The highest BCUT2D eigenvalue weighted by atomic mass is 16.5. The fourth-order valence-electron chi connectivity index (χ4n) is 5.15. The van der Waals surface area contributed by atoms with Crippen molar-refractivity contribution < 1.29 is 19.4 Å². The van der Waals surface area contributed by atoms with Crippen LogP contribution in [-0.4, -0.2) is 81.1 Å². The van der Waals surface area contributed by atoms with E-state index in [4.69, 9.17) is 4.74 Å². The van der Waals surface area contributed by atoms with Gasteiger partial charge in [-0.2, -0.15) is 9.78 Å². The number of nitrogens with one attached hydrogen (secondary N) is 1. The summed E-state index contributed by atoms with van der Waals surface area (Å²) in [6.07, 6.45) is 7.48. The molecule has 2 aliphatic heterocycles. The maximum Gasteiger partial charge on any atom is 0.357 e. The molecule has 11 heteroatoms. The number of benzene rings is 1. The lowest BCUT2D eigenvalue weighted by Crippen LogP contribution is -2.35. The fourth-order valence-corrected chi connectivity index (χ4v) is 5.15. The largest absolute Gasteiger partial charge is 0.476 e. The Hall–Kier alpha value is -4.35. The molecular formula is C28H29N7O4. The first kappa shape index (κ1) is 25.0. The van der Waals surface area contributed by atoms with E-state index in [1.807, 2.05) is 18.3 Å². The minimum absolute atomic E-state index is 0.188. The molecule has 2 fully saturated rings. The molecule has 3 aromatic heterocycles. The van der Waals surface area contributed by atoms with Crippen LogP contribution in [0.1, 0.15) is 28.9 Å². The van der Waals surface area contributed by atoms with Gasteiger partial charge < -0.3 is 20.1 Å². The minimum Gasteiger partial charge on any atom is -0.476 e. The number of carbonyl (C=O) groups is 2. The van der Waals surface area contributed by atoms with Crippen LogP contribution in [0.4, 0.5) is 16.3 Å². The van der Waals surface area contributed by atoms with Gasteiger partial charge in [0.25, 0.3) is 0 Å². The van der Waals surface area contributed by atoms with E-state index >= 15 is 0 Å². The van der Waals surface area contributed by atoms with Crippen molar-refractivity contribution in [1.82, 2.24) is 24.6 Å². The Labute approximate surface area is 225 Å². The Kier molecular flexibility index (Phi) is 6.91. The molecule has 11 nitrogen and oxygen atoms in total. The SMILES string of the molecule is O=C(O)c1nn(C(=O)Nc2ccnc(N3CCCC3)c2)c2ccc(-c3cncc(CN4CCOCC4)c3)cc12. The van der Waals surface area contributed by atoms with Crippen LogP contribution >= 0.6 is 0 Å². The summed E-state index contributed by atoms with van der Waals surface area (Å²) in [5.74, 6) is -0.404. The van der Waals surface area contributed by atoms with Gasteiger partial charge in [0.05, 0.1) is 18.7 Å². The second-order valence-corrected chi connectivity index (χ2v) is 9.79. The summed E-state index contributed by atoms with van der Waals surface area (Å²) in [6, 6.07) is 10.4. The third-order valence-electron chi connectivity index (χ3n) is 7.14. The number of hydrogen-bond acceptors (Lipinski definition) is 8. The number of anilines is 2. The van der Waals surface area contributed by atoms with Crippen molar-refractivity contribution in [1.29, 1.82) is 0 Å². The van der Waals surface area contributed by atoms with Crippen LogP contribution in [0, 0.1) is 0 Å². The van der Waals surface area contributed by atoms with Gasteiger partial charge >= 0.3 is 12.0 Å². The number of ether oxygens (including phenoxy) is 1. The Balaban J connectivity index is 1.28. The number of carboxylic acids is 1. The Morgan fingerprint density at radius 2 is 1.79 bits per heavy atom. The number of hydrogen-bond donors (Lipinski definition) is 2. The van der Waals surface area contributed by atoms with E-state index in [0.717, 1.165) is 86.0 Å². The zero-order chi connectivity index (χ0) is 26.8. The van der Waals surface area contributed by atoms with E-state index in [0.29, 0.717) is 16.6 Å². The average molecular weight is 528 g/mol. The van der Waals surface area contributed by atoms with Gasteiger partial charge in [-0.15, -0.1) is 0 Å². The third kappa shape index (κ3) is 5.31. The number of carboxylic acid groups (broad SMARTS) is 1. The van der Waals surface area contributed by atoms with Crippen molar-refractivity contribution in [3.05, 3.63) is 66.2 Å². The molecular weight excluding hydrogens is 498 g/mol. The molecule has 6 rings (SSSR count). The van der Waals surface area contributed by atoms with E-state index in [-0.39, 0.29) is 5.69 Å². The van der Waals surface area contributed by atoms with Crippen LogP contribution in [0.3, 0.4) is 0 Å². The van der Waals surface area contributed by atoms with Gasteiger partial charge in [0.2, 0.25) is 0 Å². The molecule has 39 heavy (non-hydrogen) atoms. The lowest BCUT2D eigenvalue weighted by atomic mass is 10.0. The highest BCUT2D eigenvalue weighted by Gasteiger charge is 2.22. The van der Waals surface area contributed by atoms with E-state index in [1.165, 1.54) is 0 Å². The summed E-state index contributed by atoms with van der Waals surface area (Å²) in [5.41, 5.74) is 3.51. The molecule has 4 aromatic rings. The zero-order valence-electron chi connectivity index (χ0n) is 21.4. The fraction of sp³-hybridized carbons (Fsp3) is 0.321. The van der Waals surface area contributed by atoms with Gasteiger partial charge in [-0.1, -0.05) is 6.07 Å². The molecule has 1 aromatic carbocycles. The number of rotatable bonds is 6. The van der Waals surface area contributed by atoms with Crippen LogP contribution in [0.25, 0.3) is 22.0 Å². The number of aromatic carboxylic acids is 1. The maximum absolute atomic E-state index is 13.2. The van der Waals surface area contributed by atoms with Gasteiger partial charge in [0, 0.05) is 74.0 Å². The molecule has 0 saturated carbocycles.